The fourth-order valence-electron chi connectivity index (χ4n) is 1.08. The van der Waals surface area contributed by atoms with Gasteiger partial charge >= 0.3 is 5.97 Å². The first kappa shape index (κ1) is 10.7. The third-order valence-corrected chi connectivity index (χ3v) is 1.80. The smallest absolute Gasteiger partial charge is 0.310 e. The highest BCUT2D eigenvalue weighted by molar-refractivity contribution is 5.72. The Bertz CT molecular complexity index is 272. The van der Waals surface area contributed by atoms with Crippen molar-refractivity contribution in [3.05, 3.63) is 35.9 Å². The van der Waals surface area contributed by atoms with Gasteiger partial charge < -0.3 is 10.5 Å². The summed E-state index contributed by atoms with van der Waals surface area (Å²) in [7, 11) is 0. The van der Waals surface area contributed by atoms with Crippen molar-refractivity contribution in [3.63, 3.8) is 0 Å². The minimum atomic E-state index is -0.190. The number of carbonyl (C=O) groups excluding carboxylic acids is 1. The van der Waals surface area contributed by atoms with Crippen LogP contribution >= 0.6 is 0 Å². The van der Waals surface area contributed by atoms with Crippen molar-refractivity contribution >= 4 is 5.97 Å². The first-order valence-electron chi connectivity index (χ1n) is 4.72. The van der Waals surface area contributed by atoms with Crippen LogP contribution < -0.4 is 5.73 Å². The molecule has 0 bridgehead atoms. The lowest BCUT2D eigenvalue weighted by Crippen LogP contribution is -2.11. The quantitative estimate of drug-likeness (QED) is 0.563. The second-order valence-corrected chi connectivity index (χ2v) is 3.03. The molecule has 0 aliphatic heterocycles. The molecule has 0 atom stereocenters. The predicted octanol–water partition coefficient (Wildman–Crippen LogP) is 1.12. The van der Waals surface area contributed by atoms with Gasteiger partial charge in [0.25, 0.3) is 0 Å². The van der Waals surface area contributed by atoms with E-state index in [0.717, 1.165) is 12.0 Å². The zero-order valence-corrected chi connectivity index (χ0v) is 8.11. The highest BCUT2D eigenvalue weighted by Gasteiger charge is 2.02. The number of benzene rings is 1. The van der Waals surface area contributed by atoms with Gasteiger partial charge in [0, 0.05) is 0 Å². The third-order valence-electron chi connectivity index (χ3n) is 1.80. The summed E-state index contributed by atoms with van der Waals surface area (Å²) in [6.45, 7) is 0.973. The molecule has 0 spiro atoms. The highest BCUT2D eigenvalue weighted by atomic mass is 16.5. The highest BCUT2D eigenvalue weighted by Crippen LogP contribution is 2.00. The van der Waals surface area contributed by atoms with Gasteiger partial charge in [-0.2, -0.15) is 0 Å². The Kier molecular flexibility index (Phi) is 4.72. The summed E-state index contributed by atoms with van der Waals surface area (Å²) in [4.78, 5) is 11.2. The maximum Gasteiger partial charge on any atom is 0.310 e. The van der Waals surface area contributed by atoms with Crippen molar-refractivity contribution in [1.82, 2.24) is 0 Å². The number of hydrogen-bond acceptors (Lipinski definition) is 3. The van der Waals surface area contributed by atoms with Crippen LogP contribution in [0.15, 0.2) is 30.3 Å². The van der Waals surface area contributed by atoms with Crippen LogP contribution in [0, 0.1) is 0 Å². The van der Waals surface area contributed by atoms with Gasteiger partial charge in [-0.05, 0) is 18.5 Å². The maximum absolute atomic E-state index is 11.2. The first-order valence-corrected chi connectivity index (χ1v) is 4.72. The normalized spacial score (nSPS) is 9.79. The molecular weight excluding hydrogens is 178 g/mol. The zero-order chi connectivity index (χ0) is 10.2. The maximum atomic E-state index is 11.2. The molecule has 1 rings (SSSR count). The lowest BCUT2D eigenvalue weighted by molar-refractivity contribution is -0.142. The van der Waals surface area contributed by atoms with Crippen molar-refractivity contribution < 1.29 is 9.53 Å². The van der Waals surface area contributed by atoms with E-state index in [9.17, 15) is 4.79 Å². The molecular formula is C11H15NO2. The minimum Gasteiger partial charge on any atom is -0.465 e. The van der Waals surface area contributed by atoms with Crippen LogP contribution in [-0.4, -0.2) is 19.1 Å². The van der Waals surface area contributed by atoms with Gasteiger partial charge in [0.1, 0.15) is 0 Å². The van der Waals surface area contributed by atoms with Crippen LogP contribution in [0.4, 0.5) is 0 Å². The number of esters is 1. The van der Waals surface area contributed by atoms with Gasteiger partial charge in [-0.15, -0.1) is 0 Å². The van der Waals surface area contributed by atoms with Crippen molar-refractivity contribution in [2.45, 2.75) is 12.8 Å². The Morgan fingerprint density at radius 3 is 2.64 bits per heavy atom. The second-order valence-electron chi connectivity index (χ2n) is 3.03. The van der Waals surface area contributed by atoms with E-state index in [0.29, 0.717) is 19.6 Å². The first-order chi connectivity index (χ1) is 6.83. The molecule has 0 aliphatic rings. The minimum absolute atomic E-state index is 0.190. The van der Waals surface area contributed by atoms with E-state index >= 15 is 0 Å². The molecule has 0 unspecified atom stereocenters. The summed E-state index contributed by atoms with van der Waals surface area (Å²) >= 11 is 0. The molecule has 1 aromatic rings. The average Bonchev–Trinajstić information content (AvgIpc) is 2.20. The Labute approximate surface area is 83.9 Å². The molecule has 0 radical (unpaired) electrons. The molecule has 0 heterocycles. The summed E-state index contributed by atoms with van der Waals surface area (Å²) in [5.41, 5.74) is 6.25. The van der Waals surface area contributed by atoms with E-state index < -0.39 is 0 Å². The van der Waals surface area contributed by atoms with Crippen LogP contribution in [0.2, 0.25) is 0 Å². The van der Waals surface area contributed by atoms with E-state index in [1.807, 2.05) is 30.3 Å². The molecule has 0 amide bonds. The topological polar surface area (TPSA) is 52.3 Å². The predicted molar refractivity (Wildman–Crippen MR) is 54.8 cm³/mol. The van der Waals surface area contributed by atoms with Gasteiger partial charge in [-0.25, -0.2) is 0 Å². The van der Waals surface area contributed by atoms with Crippen LogP contribution in [0.25, 0.3) is 0 Å². The van der Waals surface area contributed by atoms with Gasteiger partial charge in [-0.1, -0.05) is 30.3 Å². The van der Waals surface area contributed by atoms with E-state index in [4.69, 9.17) is 10.5 Å². The lowest BCUT2D eigenvalue weighted by Gasteiger charge is -2.03. The number of rotatable bonds is 5. The van der Waals surface area contributed by atoms with E-state index in [-0.39, 0.29) is 5.97 Å². The van der Waals surface area contributed by atoms with Crippen LogP contribution in [0.1, 0.15) is 12.0 Å². The van der Waals surface area contributed by atoms with E-state index in [1.54, 1.807) is 0 Å². The van der Waals surface area contributed by atoms with Crippen molar-refractivity contribution in [2.75, 3.05) is 13.2 Å². The summed E-state index contributed by atoms with van der Waals surface area (Å²) < 4.78 is 4.97. The third kappa shape index (κ3) is 4.05. The molecule has 2 N–H and O–H groups in total. The van der Waals surface area contributed by atoms with Crippen molar-refractivity contribution in [1.29, 1.82) is 0 Å². The number of nitrogens with two attached hydrogens (primary N) is 1. The zero-order valence-electron chi connectivity index (χ0n) is 8.11. The largest absolute Gasteiger partial charge is 0.465 e. The lowest BCUT2D eigenvalue weighted by atomic mass is 10.2. The second kappa shape index (κ2) is 6.16. The van der Waals surface area contributed by atoms with Crippen LogP contribution in [0.5, 0.6) is 0 Å². The molecule has 0 fully saturated rings. The molecule has 3 nitrogen and oxygen atoms in total. The fraction of sp³-hybridized carbons (Fsp3) is 0.364. The standard InChI is InChI=1S/C11H15NO2/c12-7-4-8-14-11(13)9-10-5-2-1-3-6-10/h1-3,5-6H,4,7-9,12H2. The number of carbonyl (C=O) groups is 1. The summed E-state index contributed by atoms with van der Waals surface area (Å²) in [5.74, 6) is -0.190. The molecule has 76 valence electrons. The summed E-state index contributed by atoms with van der Waals surface area (Å²) in [6, 6.07) is 9.54. The Balaban J connectivity index is 2.27. The van der Waals surface area contributed by atoms with Crippen molar-refractivity contribution in [3.8, 4) is 0 Å². The summed E-state index contributed by atoms with van der Waals surface area (Å²) in [5, 5.41) is 0. The van der Waals surface area contributed by atoms with Crippen LogP contribution in [0.3, 0.4) is 0 Å². The molecule has 1 aromatic carbocycles. The van der Waals surface area contributed by atoms with E-state index in [2.05, 4.69) is 0 Å². The van der Waals surface area contributed by atoms with Crippen LogP contribution in [-0.2, 0) is 16.0 Å². The molecule has 14 heavy (non-hydrogen) atoms. The van der Waals surface area contributed by atoms with Gasteiger partial charge in [0.05, 0.1) is 13.0 Å². The van der Waals surface area contributed by atoms with Gasteiger partial charge in [-0.3, -0.25) is 4.79 Å². The SMILES string of the molecule is NCCCOC(=O)Cc1ccccc1. The molecule has 0 aromatic heterocycles. The van der Waals surface area contributed by atoms with Gasteiger partial charge in [0.2, 0.25) is 0 Å². The number of ether oxygens (including phenoxy) is 1. The molecule has 3 heteroatoms. The Morgan fingerprint density at radius 2 is 2.00 bits per heavy atom. The van der Waals surface area contributed by atoms with Crippen molar-refractivity contribution in [2.24, 2.45) is 5.73 Å². The molecule has 0 saturated heterocycles. The average molecular weight is 193 g/mol. The Hall–Kier alpha value is -1.35. The number of hydrogen-bond donors (Lipinski definition) is 1. The molecule has 0 saturated carbocycles. The molecule has 0 aliphatic carbocycles. The van der Waals surface area contributed by atoms with E-state index in [1.165, 1.54) is 0 Å². The Morgan fingerprint density at radius 1 is 1.29 bits per heavy atom. The fourth-order valence-corrected chi connectivity index (χ4v) is 1.08. The summed E-state index contributed by atoms with van der Waals surface area (Å²) in [6.07, 6.45) is 1.06. The van der Waals surface area contributed by atoms with Gasteiger partial charge in [0.15, 0.2) is 0 Å². The monoisotopic (exact) mass is 193 g/mol.